The summed E-state index contributed by atoms with van der Waals surface area (Å²) in [7, 11) is 0. The highest BCUT2D eigenvalue weighted by Gasteiger charge is 2.29. The van der Waals surface area contributed by atoms with Crippen LogP contribution >= 0.6 is 0 Å². The maximum absolute atomic E-state index is 12.3. The molecule has 0 bridgehead atoms. The summed E-state index contributed by atoms with van der Waals surface area (Å²) in [6, 6.07) is 12.4. The smallest absolute Gasteiger partial charge is 0.292 e. The lowest BCUT2D eigenvalue weighted by atomic mass is 10.2. The number of hydrogen-bond acceptors (Lipinski definition) is 5. The van der Waals surface area contributed by atoms with Gasteiger partial charge in [0.05, 0.1) is 4.92 Å². The van der Waals surface area contributed by atoms with Crippen LogP contribution in [0.2, 0.25) is 0 Å². The molecule has 8 nitrogen and oxygen atoms in total. The molecule has 2 aromatic rings. The van der Waals surface area contributed by atoms with Gasteiger partial charge in [0.1, 0.15) is 11.7 Å². The molecule has 1 unspecified atom stereocenters. The Morgan fingerprint density at radius 2 is 1.67 bits per heavy atom. The predicted molar refractivity (Wildman–Crippen MR) is 103 cm³/mol. The van der Waals surface area contributed by atoms with E-state index >= 15 is 0 Å². The Morgan fingerprint density at radius 3 is 2.30 bits per heavy atom. The summed E-state index contributed by atoms with van der Waals surface area (Å²) in [6.45, 7) is 1.66. The van der Waals surface area contributed by atoms with Gasteiger partial charge < -0.3 is 16.0 Å². The van der Waals surface area contributed by atoms with Gasteiger partial charge in [0, 0.05) is 23.4 Å². The fourth-order valence-corrected chi connectivity index (χ4v) is 2.53. The minimum atomic E-state index is -0.614. The standard InChI is InChI=1S/C19H20N4O4/c1-12(18(24)22-16-4-2-3-5-17(16)23(26)27)20-14-8-10-15(11-9-14)21-19(25)13-6-7-13/h2-5,8-13,20H,6-7H2,1H3,(H,21,25)(H,22,24). The number of nitro groups is 1. The average Bonchev–Trinajstić information content (AvgIpc) is 3.49. The van der Waals surface area contributed by atoms with E-state index in [2.05, 4.69) is 16.0 Å². The summed E-state index contributed by atoms with van der Waals surface area (Å²) in [6.07, 6.45) is 1.88. The van der Waals surface area contributed by atoms with E-state index < -0.39 is 16.9 Å². The van der Waals surface area contributed by atoms with Crippen molar-refractivity contribution in [2.24, 2.45) is 5.92 Å². The molecule has 1 aliphatic carbocycles. The molecular weight excluding hydrogens is 348 g/mol. The third-order valence-electron chi connectivity index (χ3n) is 4.24. The normalized spacial score (nSPS) is 14.1. The monoisotopic (exact) mass is 368 g/mol. The fourth-order valence-electron chi connectivity index (χ4n) is 2.53. The average molecular weight is 368 g/mol. The lowest BCUT2D eigenvalue weighted by Crippen LogP contribution is -2.32. The molecule has 2 aromatic carbocycles. The summed E-state index contributed by atoms with van der Waals surface area (Å²) < 4.78 is 0. The number of para-hydroxylation sites is 2. The van der Waals surface area contributed by atoms with Crippen LogP contribution in [0.3, 0.4) is 0 Å². The van der Waals surface area contributed by atoms with E-state index in [1.165, 1.54) is 12.1 Å². The van der Waals surface area contributed by atoms with Gasteiger partial charge in [-0.15, -0.1) is 0 Å². The number of carbonyl (C=O) groups excluding carboxylic acids is 2. The third kappa shape index (κ3) is 4.81. The van der Waals surface area contributed by atoms with Gasteiger partial charge in [0.25, 0.3) is 5.69 Å². The van der Waals surface area contributed by atoms with Crippen molar-refractivity contribution < 1.29 is 14.5 Å². The van der Waals surface area contributed by atoms with Gasteiger partial charge in [-0.2, -0.15) is 0 Å². The van der Waals surface area contributed by atoms with Gasteiger partial charge in [0.2, 0.25) is 11.8 Å². The van der Waals surface area contributed by atoms with Gasteiger partial charge in [-0.3, -0.25) is 19.7 Å². The Hall–Kier alpha value is -3.42. The molecule has 1 aliphatic rings. The predicted octanol–water partition coefficient (Wildman–Crippen LogP) is 3.38. The number of benzene rings is 2. The van der Waals surface area contributed by atoms with Crippen LogP contribution in [0, 0.1) is 16.0 Å². The van der Waals surface area contributed by atoms with Crippen molar-refractivity contribution in [2.75, 3.05) is 16.0 Å². The Balaban J connectivity index is 1.58. The molecular formula is C19H20N4O4. The summed E-state index contributed by atoms with van der Waals surface area (Å²) in [5.74, 6) is -0.225. The summed E-state index contributed by atoms with van der Waals surface area (Å²) in [5, 5.41) is 19.5. The Bertz CT molecular complexity index is 862. The molecule has 0 radical (unpaired) electrons. The molecule has 0 saturated heterocycles. The topological polar surface area (TPSA) is 113 Å². The van der Waals surface area contributed by atoms with Crippen molar-refractivity contribution in [3.63, 3.8) is 0 Å². The molecule has 3 N–H and O–H groups in total. The van der Waals surface area contributed by atoms with E-state index in [9.17, 15) is 19.7 Å². The molecule has 0 aliphatic heterocycles. The zero-order valence-corrected chi connectivity index (χ0v) is 14.8. The molecule has 1 fully saturated rings. The molecule has 0 spiro atoms. The van der Waals surface area contributed by atoms with Crippen LogP contribution in [0.5, 0.6) is 0 Å². The highest BCUT2D eigenvalue weighted by atomic mass is 16.6. The van der Waals surface area contributed by atoms with E-state index in [1.54, 1.807) is 43.3 Å². The number of rotatable bonds is 7. The first-order chi connectivity index (χ1) is 12.9. The number of nitrogens with zero attached hydrogens (tertiary/aromatic N) is 1. The Kier molecular flexibility index (Phi) is 5.35. The first-order valence-electron chi connectivity index (χ1n) is 8.66. The quantitative estimate of drug-likeness (QED) is 0.512. The van der Waals surface area contributed by atoms with Crippen LogP contribution in [-0.4, -0.2) is 22.8 Å². The molecule has 140 valence electrons. The van der Waals surface area contributed by atoms with Gasteiger partial charge in [0.15, 0.2) is 0 Å². The van der Waals surface area contributed by atoms with Crippen LogP contribution in [0.1, 0.15) is 19.8 Å². The largest absolute Gasteiger partial charge is 0.374 e. The molecule has 3 rings (SSSR count). The number of nitro benzene ring substituents is 1. The Labute approximate surface area is 156 Å². The molecule has 0 aromatic heterocycles. The third-order valence-corrected chi connectivity index (χ3v) is 4.24. The first kappa shape index (κ1) is 18.4. The summed E-state index contributed by atoms with van der Waals surface area (Å²) >= 11 is 0. The van der Waals surface area contributed by atoms with Gasteiger partial charge in [-0.1, -0.05) is 12.1 Å². The van der Waals surface area contributed by atoms with Crippen LogP contribution in [0.4, 0.5) is 22.7 Å². The number of anilines is 3. The Morgan fingerprint density at radius 1 is 1.04 bits per heavy atom. The summed E-state index contributed by atoms with van der Waals surface area (Å²) in [4.78, 5) is 34.6. The zero-order valence-electron chi connectivity index (χ0n) is 14.8. The second-order valence-electron chi connectivity index (χ2n) is 6.47. The second kappa shape index (κ2) is 7.86. The molecule has 8 heteroatoms. The molecule has 2 amide bonds. The van der Waals surface area contributed by atoms with Gasteiger partial charge in [-0.05, 0) is 50.1 Å². The van der Waals surface area contributed by atoms with E-state index in [1.807, 2.05) is 0 Å². The first-order valence-corrected chi connectivity index (χ1v) is 8.66. The zero-order chi connectivity index (χ0) is 19.4. The fraction of sp³-hybridized carbons (Fsp3) is 0.263. The van der Waals surface area contributed by atoms with E-state index in [0.717, 1.165) is 12.8 Å². The lowest BCUT2D eigenvalue weighted by Gasteiger charge is -2.16. The van der Waals surface area contributed by atoms with E-state index in [4.69, 9.17) is 0 Å². The van der Waals surface area contributed by atoms with Crippen LogP contribution in [0.25, 0.3) is 0 Å². The van der Waals surface area contributed by atoms with Crippen molar-refractivity contribution >= 4 is 34.6 Å². The van der Waals surface area contributed by atoms with Gasteiger partial charge in [-0.25, -0.2) is 0 Å². The van der Waals surface area contributed by atoms with Crippen molar-refractivity contribution in [2.45, 2.75) is 25.8 Å². The highest BCUT2D eigenvalue weighted by molar-refractivity contribution is 5.98. The maximum atomic E-state index is 12.3. The van der Waals surface area contributed by atoms with E-state index in [-0.39, 0.29) is 23.2 Å². The number of amides is 2. The van der Waals surface area contributed by atoms with E-state index in [0.29, 0.717) is 11.4 Å². The number of hydrogen-bond donors (Lipinski definition) is 3. The van der Waals surface area contributed by atoms with Crippen molar-refractivity contribution in [1.82, 2.24) is 0 Å². The summed E-state index contributed by atoms with van der Waals surface area (Å²) in [5.41, 5.74) is 1.40. The second-order valence-corrected chi connectivity index (χ2v) is 6.47. The molecule has 1 saturated carbocycles. The van der Waals surface area contributed by atoms with Crippen molar-refractivity contribution in [3.8, 4) is 0 Å². The van der Waals surface area contributed by atoms with Crippen LogP contribution in [0.15, 0.2) is 48.5 Å². The molecule has 27 heavy (non-hydrogen) atoms. The lowest BCUT2D eigenvalue weighted by molar-refractivity contribution is -0.383. The SMILES string of the molecule is CC(Nc1ccc(NC(=O)C2CC2)cc1)C(=O)Nc1ccccc1[N+](=O)[O-]. The molecule has 1 atom stereocenters. The molecule has 0 heterocycles. The van der Waals surface area contributed by atoms with Crippen molar-refractivity contribution in [3.05, 3.63) is 58.6 Å². The minimum absolute atomic E-state index is 0.0351. The maximum Gasteiger partial charge on any atom is 0.292 e. The minimum Gasteiger partial charge on any atom is -0.374 e. The number of nitrogens with one attached hydrogen (secondary N) is 3. The van der Waals surface area contributed by atoms with Crippen LogP contribution in [-0.2, 0) is 9.59 Å². The van der Waals surface area contributed by atoms with Gasteiger partial charge >= 0.3 is 0 Å². The highest BCUT2D eigenvalue weighted by Crippen LogP contribution is 2.30. The number of carbonyl (C=O) groups is 2. The van der Waals surface area contributed by atoms with Crippen LogP contribution < -0.4 is 16.0 Å². The van der Waals surface area contributed by atoms with Crippen molar-refractivity contribution in [1.29, 1.82) is 0 Å².